The highest BCUT2D eigenvalue weighted by molar-refractivity contribution is 9.11. The Bertz CT molecular complexity index is 713. The maximum Gasteiger partial charge on any atom is 0.147 e. The van der Waals surface area contributed by atoms with Crippen LogP contribution in [0.3, 0.4) is 0 Å². The average molecular weight is 588 g/mol. The van der Waals surface area contributed by atoms with E-state index < -0.39 is 0 Å². The molecule has 0 unspecified atom stereocenters. The fraction of sp³-hybridized carbons (Fsp3) is 0.294. The van der Waals surface area contributed by atoms with Crippen molar-refractivity contribution in [3.8, 4) is 11.5 Å². The number of benzene rings is 2. The molecule has 0 saturated carbocycles. The number of phenols is 1. The van der Waals surface area contributed by atoms with Gasteiger partial charge in [-0.25, -0.2) is 0 Å². The van der Waals surface area contributed by atoms with Gasteiger partial charge in [0.2, 0.25) is 0 Å². The zero-order valence-electron chi connectivity index (χ0n) is 13.0. The van der Waals surface area contributed by atoms with Gasteiger partial charge in [0.05, 0.1) is 24.5 Å². The number of ether oxygens (including phenoxy) is 1. The van der Waals surface area contributed by atoms with Crippen molar-refractivity contribution in [1.29, 1.82) is 0 Å². The summed E-state index contributed by atoms with van der Waals surface area (Å²) in [5.74, 6) is 0.848. The highest BCUT2D eigenvalue weighted by Gasteiger charge is 2.27. The Hall–Kier alpha value is -0.0800. The van der Waals surface area contributed by atoms with Gasteiger partial charge in [-0.3, -0.25) is 0 Å². The van der Waals surface area contributed by atoms with Crippen LogP contribution >= 0.6 is 63.7 Å². The molecule has 0 spiro atoms. The van der Waals surface area contributed by atoms with Crippen LogP contribution in [0.15, 0.2) is 42.2 Å². The molecule has 0 aliphatic carbocycles. The molecular formula is C17H16Br4O3. The van der Waals surface area contributed by atoms with Gasteiger partial charge in [-0.1, -0.05) is 13.8 Å². The molecule has 24 heavy (non-hydrogen) atoms. The number of aliphatic hydroxyl groups is 1. The van der Waals surface area contributed by atoms with E-state index >= 15 is 0 Å². The Kier molecular flexibility index (Phi) is 6.81. The molecule has 7 heteroatoms. The van der Waals surface area contributed by atoms with Gasteiger partial charge in [-0.15, -0.1) is 0 Å². The van der Waals surface area contributed by atoms with Crippen molar-refractivity contribution >= 4 is 63.7 Å². The molecule has 2 aromatic rings. The van der Waals surface area contributed by atoms with Crippen molar-refractivity contribution in [3.63, 3.8) is 0 Å². The third-order valence-corrected chi connectivity index (χ3v) is 6.18. The van der Waals surface area contributed by atoms with E-state index in [4.69, 9.17) is 9.84 Å². The fourth-order valence-corrected chi connectivity index (χ4v) is 4.90. The zero-order chi connectivity index (χ0) is 18.1. The minimum atomic E-state index is -0.306. The van der Waals surface area contributed by atoms with Crippen LogP contribution in [0.5, 0.6) is 11.5 Å². The third kappa shape index (κ3) is 4.18. The first-order valence-electron chi connectivity index (χ1n) is 7.10. The lowest BCUT2D eigenvalue weighted by atomic mass is 9.78. The maximum atomic E-state index is 9.93. The summed E-state index contributed by atoms with van der Waals surface area (Å²) >= 11 is 13.9. The number of hydrogen-bond acceptors (Lipinski definition) is 3. The first-order chi connectivity index (χ1) is 11.2. The summed E-state index contributed by atoms with van der Waals surface area (Å²) < 4.78 is 8.45. The van der Waals surface area contributed by atoms with Gasteiger partial charge >= 0.3 is 0 Å². The second-order valence-electron chi connectivity index (χ2n) is 5.75. The van der Waals surface area contributed by atoms with Gasteiger partial charge in [0, 0.05) is 5.41 Å². The molecule has 2 aromatic carbocycles. The van der Waals surface area contributed by atoms with Crippen molar-refractivity contribution in [2.75, 3.05) is 13.2 Å². The Morgan fingerprint density at radius 1 is 0.875 bits per heavy atom. The number of halogens is 4. The van der Waals surface area contributed by atoms with E-state index in [1.54, 1.807) is 0 Å². The zero-order valence-corrected chi connectivity index (χ0v) is 19.4. The molecule has 0 amide bonds. The van der Waals surface area contributed by atoms with Crippen LogP contribution in [0.25, 0.3) is 0 Å². The average Bonchev–Trinajstić information content (AvgIpc) is 2.51. The molecule has 0 aromatic heterocycles. The second kappa shape index (κ2) is 8.08. The highest BCUT2D eigenvalue weighted by atomic mass is 79.9. The van der Waals surface area contributed by atoms with Crippen molar-refractivity contribution in [1.82, 2.24) is 0 Å². The lowest BCUT2D eigenvalue weighted by molar-refractivity contribution is 0.200. The summed E-state index contributed by atoms with van der Waals surface area (Å²) in [4.78, 5) is 0. The fourth-order valence-electron chi connectivity index (χ4n) is 2.30. The quantitative estimate of drug-likeness (QED) is 0.442. The molecule has 0 fully saturated rings. The Morgan fingerprint density at radius 3 is 1.71 bits per heavy atom. The van der Waals surface area contributed by atoms with E-state index in [1.165, 1.54) is 0 Å². The predicted octanol–water partition coefficient (Wildman–Crippen LogP) is 6.14. The number of phenolic OH excluding ortho intramolecular Hbond substituents is 1. The van der Waals surface area contributed by atoms with Crippen LogP contribution in [0.2, 0.25) is 0 Å². The Balaban J connectivity index is 2.50. The first-order valence-corrected chi connectivity index (χ1v) is 10.3. The van der Waals surface area contributed by atoms with Gasteiger partial charge in [-0.05, 0) is 99.1 Å². The molecule has 2 N–H and O–H groups in total. The summed E-state index contributed by atoms with van der Waals surface area (Å²) in [6.07, 6.45) is 0. The van der Waals surface area contributed by atoms with Gasteiger partial charge in [0.1, 0.15) is 18.1 Å². The van der Waals surface area contributed by atoms with E-state index in [9.17, 15) is 5.11 Å². The summed E-state index contributed by atoms with van der Waals surface area (Å²) in [5, 5.41) is 18.9. The smallest absolute Gasteiger partial charge is 0.147 e. The number of hydrogen-bond donors (Lipinski definition) is 2. The minimum Gasteiger partial charge on any atom is -0.506 e. The van der Waals surface area contributed by atoms with Crippen molar-refractivity contribution in [2.24, 2.45) is 0 Å². The molecule has 0 aliphatic rings. The molecular weight excluding hydrogens is 572 g/mol. The van der Waals surface area contributed by atoms with Gasteiger partial charge in [0.25, 0.3) is 0 Å². The third-order valence-electron chi connectivity index (χ3n) is 3.80. The topological polar surface area (TPSA) is 49.7 Å². The van der Waals surface area contributed by atoms with Crippen LogP contribution in [0.1, 0.15) is 25.0 Å². The lowest BCUT2D eigenvalue weighted by Gasteiger charge is -2.28. The summed E-state index contributed by atoms with van der Waals surface area (Å²) in [5.41, 5.74) is 1.81. The van der Waals surface area contributed by atoms with Crippen LogP contribution in [-0.2, 0) is 5.41 Å². The monoisotopic (exact) mass is 584 g/mol. The highest BCUT2D eigenvalue weighted by Crippen LogP contribution is 2.43. The lowest BCUT2D eigenvalue weighted by Crippen LogP contribution is -2.19. The molecule has 0 aliphatic heterocycles. The molecule has 0 radical (unpaired) electrons. The molecule has 0 bridgehead atoms. The molecule has 2 rings (SSSR count). The molecule has 0 atom stereocenters. The standard InChI is InChI=1S/C17H16Br4O3/c1-17(2,9-5-11(18)15(23)12(19)6-9)10-7-13(20)16(14(21)8-10)24-4-3-22/h5-8,22-23H,3-4H2,1-2H3. The normalized spacial score (nSPS) is 11.6. The van der Waals surface area contributed by atoms with Crippen molar-refractivity contribution in [3.05, 3.63) is 53.3 Å². The molecule has 0 saturated heterocycles. The first kappa shape index (κ1) is 20.2. The van der Waals surface area contributed by atoms with E-state index in [1.807, 2.05) is 24.3 Å². The second-order valence-corrected chi connectivity index (χ2v) is 9.17. The van der Waals surface area contributed by atoms with Gasteiger partial charge in [0.15, 0.2) is 0 Å². The van der Waals surface area contributed by atoms with E-state index in [-0.39, 0.29) is 24.4 Å². The minimum absolute atomic E-state index is 0.0400. The predicted molar refractivity (Wildman–Crippen MR) is 110 cm³/mol. The summed E-state index contributed by atoms with van der Waals surface area (Å²) in [7, 11) is 0. The van der Waals surface area contributed by atoms with E-state index in [0.717, 1.165) is 20.1 Å². The maximum absolute atomic E-state index is 9.93. The molecule has 130 valence electrons. The van der Waals surface area contributed by atoms with E-state index in [0.29, 0.717) is 14.7 Å². The van der Waals surface area contributed by atoms with Gasteiger partial charge < -0.3 is 14.9 Å². The molecule has 0 heterocycles. The van der Waals surface area contributed by atoms with Gasteiger partial charge in [-0.2, -0.15) is 0 Å². The largest absolute Gasteiger partial charge is 0.506 e. The van der Waals surface area contributed by atoms with Crippen LogP contribution in [0.4, 0.5) is 0 Å². The number of rotatable bonds is 5. The van der Waals surface area contributed by atoms with Crippen molar-refractivity contribution < 1.29 is 14.9 Å². The summed E-state index contributed by atoms with van der Waals surface area (Å²) in [6, 6.07) is 7.84. The molecule has 3 nitrogen and oxygen atoms in total. The number of aromatic hydroxyl groups is 1. The summed E-state index contributed by atoms with van der Waals surface area (Å²) in [6.45, 7) is 4.42. The number of aliphatic hydroxyl groups excluding tert-OH is 1. The van der Waals surface area contributed by atoms with Crippen molar-refractivity contribution in [2.45, 2.75) is 19.3 Å². The Labute approximate surface area is 174 Å². The van der Waals surface area contributed by atoms with Crippen LogP contribution in [-0.4, -0.2) is 23.4 Å². The van der Waals surface area contributed by atoms with Crippen LogP contribution in [0, 0.1) is 0 Å². The van der Waals surface area contributed by atoms with E-state index in [2.05, 4.69) is 77.6 Å². The SMILES string of the molecule is CC(C)(c1cc(Br)c(O)c(Br)c1)c1cc(Br)c(OCCO)c(Br)c1. The Morgan fingerprint density at radius 2 is 1.29 bits per heavy atom. The van der Waals surface area contributed by atoms with Crippen LogP contribution < -0.4 is 4.74 Å².